The van der Waals surface area contributed by atoms with E-state index in [1.807, 2.05) is 18.2 Å². The first-order valence-electron chi connectivity index (χ1n) is 10.7. The summed E-state index contributed by atoms with van der Waals surface area (Å²) in [6, 6.07) is 10.4. The van der Waals surface area contributed by atoms with E-state index >= 15 is 0 Å². The van der Waals surface area contributed by atoms with Crippen molar-refractivity contribution in [1.29, 1.82) is 0 Å². The van der Waals surface area contributed by atoms with Gasteiger partial charge in [-0.2, -0.15) is 0 Å². The number of Topliss-reactive ketones (excluding diaryl/α,β-unsaturated/α-hetero) is 1. The van der Waals surface area contributed by atoms with Crippen LogP contribution in [0.5, 0.6) is 0 Å². The molecule has 2 aliphatic rings. The maximum Gasteiger partial charge on any atom is 0.317 e. The zero-order valence-corrected chi connectivity index (χ0v) is 17.0. The Kier molecular flexibility index (Phi) is 8.04. The highest BCUT2D eigenvalue weighted by Crippen LogP contribution is 2.31. The molecule has 4 atom stereocenters. The fraction of sp³-hybridized carbons (Fsp3) is 0.652. The summed E-state index contributed by atoms with van der Waals surface area (Å²) in [6.07, 6.45) is 6.04. The largest absolute Gasteiger partial charge is 0.465 e. The van der Waals surface area contributed by atoms with Crippen molar-refractivity contribution < 1.29 is 19.1 Å². The Morgan fingerprint density at radius 1 is 1.11 bits per heavy atom. The van der Waals surface area contributed by atoms with Crippen LogP contribution in [-0.4, -0.2) is 49.0 Å². The van der Waals surface area contributed by atoms with Gasteiger partial charge in [0.1, 0.15) is 5.92 Å². The zero-order chi connectivity index (χ0) is 19.8. The number of hydrogen-bond donors (Lipinski definition) is 0. The van der Waals surface area contributed by atoms with Crippen molar-refractivity contribution in [2.75, 3.05) is 26.3 Å². The van der Waals surface area contributed by atoms with Crippen LogP contribution >= 0.6 is 0 Å². The second-order valence-corrected chi connectivity index (χ2v) is 8.07. The molecule has 3 rings (SSSR count). The molecule has 0 aliphatic carbocycles. The number of fused-ring (bicyclic) bond motifs is 2. The summed E-state index contributed by atoms with van der Waals surface area (Å²) in [4.78, 5) is 27.4. The van der Waals surface area contributed by atoms with Gasteiger partial charge < -0.3 is 9.47 Å². The van der Waals surface area contributed by atoms with Gasteiger partial charge in [-0.05, 0) is 24.8 Å². The summed E-state index contributed by atoms with van der Waals surface area (Å²) in [6.45, 7) is 5.03. The van der Waals surface area contributed by atoms with Gasteiger partial charge in [0, 0.05) is 25.0 Å². The maximum atomic E-state index is 12.7. The van der Waals surface area contributed by atoms with Crippen LogP contribution < -0.4 is 0 Å². The van der Waals surface area contributed by atoms with E-state index in [1.165, 1.54) is 0 Å². The molecule has 0 amide bonds. The van der Waals surface area contributed by atoms with Crippen LogP contribution in [0, 0.1) is 11.8 Å². The van der Waals surface area contributed by atoms with Gasteiger partial charge in [0.15, 0.2) is 5.78 Å². The summed E-state index contributed by atoms with van der Waals surface area (Å²) < 4.78 is 11.4. The van der Waals surface area contributed by atoms with Crippen LogP contribution in [0.2, 0.25) is 0 Å². The Bertz CT molecular complexity index is 633. The topological polar surface area (TPSA) is 55.8 Å². The number of rotatable bonds is 10. The average Bonchev–Trinajstić information content (AvgIpc) is 2.72. The van der Waals surface area contributed by atoms with Gasteiger partial charge in [0.2, 0.25) is 0 Å². The quantitative estimate of drug-likeness (QED) is 0.349. The minimum absolute atomic E-state index is 0.0308. The lowest BCUT2D eigenvalue weighted by Gasteiger charge is -2.44. The molecule has 2 fully saturated rings. The Hall–Kier alpha value is -1.72. The third-order valence-electron chi connectivity index (χ3n) is 5.93. The monoisotopic (exact) mass is 387 g/mol. The van der Waals surface area contributed by atoms with E-state index in [0.29, 0.717) is 26.4 Å². The van der Waals surface area contributed by atoms with Crippen molar-refractivity contribution in [1.82, 2.24) is 4.90 Å². The molecule has 0 radical (unpaired) electrons. The molecule has 2 heterocycles. The standard InChI is InChI=1S/C23H33NO4/c1-2-3-4-8-13-28-23(26)21-15-24-14-19(22(21)25)11-12-20(24)17-27-16-18-9-6-5-7-10-18/h5-7,9-10,19-21H,2-4,8,11-17H2,1H3. The zero-order valence-electron chi connectivity index (χ0n) is 17.0. The number of unbranched alkanes of at least 4 members (excludes halogenated alkanes) is 3. The van der Waals surface area contributed by atoms with Crippen LogP contribution in [-0.2, 0) is 25.7 Å². The van der Waals surface area contributed by atoms with E-state index in [2.05, 4.69) is 24.0 Å². The number of piperidine rings is 2. The van der Waals surface area contributed by atoms with Crippen molar-refractivity contribution in [2.45, 2.75) is 58.1 Å². The second-order valence-electron chi connectivity index (χ2n) is 8.07. The molecule has 2 saturated heterocycles. The van der Waals surface area contributed by atoms with E-state index in [0.717, 1.165) is 50.6 Å². The van der Waals surface area contributed by atoms with Crippen LogP contribution in [0.1, 0.15) is 51.0 Å². The highest BCUT2D eigenvalue weighted by atomic mass is 16.5. The lowest BCUT2D eigenvalue weighted by molar-refractivity contribution is -0.159. The number of ketones is 1. The number of carbonyl (C=O) groups excluding carboxylic acids is 2. The van der Waals surface area contributed by atoms with Gasteiger partial charge in [0.25, 0.3) is 0 Å². The molecule has 154 valence electrons. The number of carbonyl (C=O) groups is 2. The molecular weight excluding hydrogens is 354 g/mol. The van der Waals surface area contributed by atoms with Gasteiger partial charge in [-0.3, -0.25) is 14.5 Å². The first kappa shape index (κ1) is 21.0. The molecule has 28 heavy (non-hydrogen) atoms. The molecular formula is C23H33NO4. The second kappa shape index (κ2) is 10.7. The Balaban J connectivity index is 1.47. The van der Waals surface area contributed by atoms with Gasteiger partial charge in [-0.1, -0.05) is 56.5 Å². The van der Waals surface area contributed by atoms with Gasteiger partial charge >= 0.3 is 5.97 Å². The molecule has 0 saturated carbocycles. The van der Waals surface area contributed by atoms with E-state index in [9.17, 15) is 9.59 Å². The van der Waals surface area contributed by atoms with Crippen molar-refractivity contribution in [2.24, 2.45) is 11.8 Å². The molecule has 2 aliphatic heterocycles. The molecule has 5 heteroatoms. The average molecular weight is 388 g/mol. The van der Waals surface area contributed by atoms with Crippen molar-refractivity contribution in [3.8, 4) is 0 Å². The lowest BCUT2D eigenvalue weighted by atomic mass is 9.79. The van der Waals surface area contributed by atoms with E-state index < -0.39 is 5.92 Å². The highest BCUT2D eigenvalue weighted by molar-refractivity contribution is 6.01. The first-order valence-corrected chi connectivity index (χ1v) is 10.7. The predicted octanol–water partition coefficient (Wildman–Crippen LogP) is 3.61. The molecule has 4 unspecified atom stereocenters. The summed E-state index contributed by atoms with van der Waals surface area (Å²) in [5.74, 6) is -0.904. The van der Waals surface area contributed by atoms with Crippen LogP contribution in [0.15, 0.2) is 30.3 Å². The van der Waals surface area contributed by atoms with Crippen molar-refractivity contribution in [3.05, 3.63) is 35.9 Å². The lowest BCUT2D eigenvalue weighted by Crippen LogP contribution is -2.57. The van der Waals surface area contributed by atoms with E-state index in [-0.39, 0.29) is 23.7 Å². The molecule has 5 nitrogen and oxygen atoms in total. The first-order chi connectivity index (χ1) is 13.7. The molecule has 1 aromatic carbocycles. The summed E-state index contributed by atoms with van der Waals surface area (Å²) in [5, 5.41) is 0. The van der Waals surface area contributed by atoms with Gasteiger partial charge in [-0.15, -0.1) is 0 Å². The number of benzene rings is 1. The number of hydrogen-bond acceptors (Lipinski definition) is 5. The summed E-state index contributed by atoms with van der Waals surface area (Å²) >= 11 is 0. The van der Waals surface area contributed by atoms with E-state index in [1.54, 1.807) is 0 Å². The molecule has 1 aromatic rings. The number of ether oxygens (including phenoxy) is 2. The van der Waals surface area contributed by atoms with Crippen LogP contribution in [0.4, 0.5) is 0 Å². The third-order valence-corrected chi connectivity index (χ3v) is 5.93. The Morgan fingerprint density at radius 3 is 2.71 bits per heavy atom. The fourth-order valence-corrected chi connectivity index (χ4v) is 4.23. The highest BCUT2D eigenvalue weighted by Gasteiger charge is 2.44. The molecule has 0 spiro atoms. The Morgan fingerprint density at radius 2 is 1.93 bits per heavy atom. The van der Waals surface area contributed by atoms with Crippen LogP contribution in [0.25, 0.3) is 0 Å². The third kappa shape index (κ3) is 5.65. The SMILES string of the molecule is CCCCCCOC(=O)C1CN2CC(CCC2COCc2ccccc2)C1=O. The Labute approximate surface area is 168 Å². The van der Waals surface area contributed by atoms with E-state index in [4.69, 9.17) is 9.47 Å². The molecule has 0 aromatic heterocycles. The summed E-state index contributed by atoms with van der Waals surface area (Å²) in [7, 11) is 0. The minimum Gasteiger partial charge on any atom is -0.465 e. The molecule has 0 N–H and O–H groups in total. The minimum atomic E-state index is -0.623. The normalized spacial score (nSPS) is 26.8. The van der Waals surface area contributed by atoms with Crippen LogP contribution in [0.3, 0.4) is 0 Å². The number of nitrogens with zero attached hydrogens (tertiary/aromatic N) is 1. The smallest absolute Gasteiger partial charge is 0.317 e. The summed E-state index contributed by atoms with van der Waals surface area (Å²) in [5.41, 5.74) is 1.16. The van der Waals surface area contributed by atoms with Crippen molar-refractivity contribution >= 4 is 11.8 Å². The van der Waals surface area contributed by atoms with Gasteiger partial charge in [-0.25, -0.2) is 0 Å². The maximum absolute atomic E-state index is 12.7. The fourth-order valence-electron chi connectivity index (χ4n) is 4.23. The number of esters is 1. The molecule has 2 bridgehead atoms. The van der Waals surface area contributed by atoms with Crippen molar-refractivity contribution in [3.63, 3.8) is 0 Å². The van der Waals surface area contributed by atoms with Gasteiger partial charge in [0.05, 0.1) is 19.8 Å². The predicted molar refractivity (Wildman–Crippen MR) is 108 cm³/mol.